The van der Waals surface area contributed by atoms with Crippen LogP contribution in [0.3, 0.4) is 0 Å². The molecule has 184 valence electrons. The molecule has 0 amide bonds. The summed E-state index contributed by atoms with van der Waals surface area (Å²) in [6.45, 7) is 2.46. The number of halogens is 2. The zero-order valence-electron chi connectivity index (χ0n) is 20.8. The van der Waals surface area contributed by atoms with E-state index in [0.29, 0.717) is 6.42 Å². The summed E-state index contributed by atoms with van der Waals surface area (Å²) >= 11 is 0. The second kappa shape index (κ2) is 10.1. The number of alkyl halides is 1. The minimum atomic E-state index is -0.243. The molecule has 1 fully saturated rings. The molecule has 0 aromatic heterocycles. The molecule has 0 bridgehead atoms. The maximum Gasteiger partial charge on any atom is 0.134 e. The number of likely N-dealkylation sites (tertiary alicyclic amines) is 1. The van der Waals surface area contributed by atoms with Crippen LogP contribution in [-0.4, -0.2) is 31.2 Å². The average molecular weight is 482 g/mol. The van der Waals surface area contributed by atoms with Crippen LogP contribution in [0.1, 0.15) is 64.6 Å². The lowest BCUT2D eigenvalue weighted by molar-refractivity contribution is 0.239. The Morgan fingerprint density at radius 1 is 0.778 bits per heavy atom. The maximum absolute atomic E-state index is 15.9. The molecule has 36 heavy (non-hydrogen) atoms. The van der Waals surface area contributed by atoms with Gasteiger partial charge in [0.15, 0.2) is 0 Å². The van der Waals surface area contributed by atoms with Crippen molar-refractivity contribution in [2.24, 2.45) is 0 Å². The van der Waals surface area contributed by atoms with Crippen LogP contribution in [0.4, 0.5) is 8.78 Å². The van der Waals surface area contributed by atoms with Gasteiger partial charge in [-0.15, -0.1) is 0 Å². The van der Waals surface area contributed by atoms with Gasteiger partial charge < -0.3 is 0 Å². The molecule has 0 atom stereocenters. The number of rotatable bonds is 6. The van der Waals surface area contributed by atoms with Gasteiger partial charge in [0.1, 0.15) is 5.82 Å². The van der Waals surface area contributed by atoms with Crippen LogP contribution in [0, 0.1) is 5.82 Å². The normalized spacial score (nSPS) is 17.4. The highest BCUT2D eigenvalue weighted by atomic mass is 19.1. The first-order valence-electron chi connectivity index (χ1n) is 13.4. The standard InChI is InChI=1S/C33H33F2N/c34-18-5-19-36-21-24(22-36)20-23-12-14-27(15-13-23)32-28-9-2-1-6-25(28)7-4-11-30(32)31-17-16-26-8-3-10-29(26)33(31)35/h1-2,6,9,12-17,20H,3-5,7-8,10-11,18-19,21-22H2. The van der Waals surface area contributed by atoms with Gasteiger partial charge >= 0.3 is 0 Å². The van der Waals surface area contributed by atoms with E-state index in [0.717, 1.165) is 80.4 Å². The van der Waals surface area contributed by atoms with E-state index in [9.17, 15) is 4.39 Å². The summed E-state index contributed by atoms with van der Waals surface area (Å²) in [5.41, 5.74) is 11.5. The van der Waals surface area contributed by atoms with E-state index in [1.165, 1.54) is 33.4 Å². The second-order valence-electron chi connectivity index (χ2n) is 10.5. The van der Waals surface area contributed by atoms with Gasteiger partial charge in [0.25, 0.3) is 0 Å². The Hall–Kier alpha value is -3.04. The summed E-state index contributed by atoms with van der Waals surface area (Å²) in [6, 6.07) is 21.6. The number of allylic oxidation sites excluding steroid dienone is 1. The third-order valence-corrected chi connectivity index (χ3v) is 8.03. The van der Waals surface area contributed by atoms with Crippen molar-refractivity contribution < 1.29 is 8.78 Å². The number of hydrogen-bond donors (Lipinski definition) is 0. The maximum atomic E-state index is 15.9. The molecular weight excluding hydrogens is 448 g/mol. The van der Waals surface area contributed by atoms with Crippen molar-refractivity contribution >= 4 is 17.2 Å². The molecule has 0 spiro atoms. The minimum Gasteiger partial charge on any atom is -0.295 e. The molecule has 1 nitrogen and oxygen atoms in total. The lowest BCUT2D eigenvalue weighted by Crippen LogP contribution is -2.40. The zero-order chi connectivity index (χ0) is 24.5. The Bertz CT molecular complexity index is 1320. The molecule has 1 saturated heterocycles. The van der Waals surface area contributed by atoms with Crippen molar-refractivity contribution in [3.05, 3.63) is 111 Å². The van der Waals surface area contributed by atoms with E-state index in [-0.39, 0.29) is 12.5 Å². The van der Waals surface area contributed by atoms with Gasteiger partial charge in [-0.1, -0.05) is 66.7 Å². The first-order chi connectivity index (χ1) is 17.7. The molecule has 3 aromatic rings. The van der Waals surface area contributed by atoms with Gasteiger partial charge in [0.2, 0.25) is 0 Å². The average Bonchev–Trinajstić information content (AvgIpc) is 3.28. The largest absolute Gasteiger partial charge is 0.295 e. The number of fused-ring (bicyclic) bond motifs is 2. The molecule has 0 radical (unpaired) electrons. The first kappa shape index (κ1) is 23.4. The fourth-order valence-electron chi connectivity index (χ4n) is 6.22. The van der Waals surface area contributed by atoms with Gasteiger partial charge in [-0.25, -0.2) is 4.39 Å². The van der Waals surface area contributed by atoms with Gasteiger partial charge in [0, 0.05) is 25.2 Å². The third-order valence-electron chi connectivity index (χ3n) is 8.03. The molecule has 0 unspecified atom stereocenters. The Labute approximate surface area is 213 Å². The first-order valence-corrected chi connectivity index (χ1v) is 13.4. The third kappa shape index (κ3) is 4.46. The van der Waals surface area contributed by atoms with Crippen LogP contribution in [0.25, 0.3) is 17.2 Å². The lowest BCUT2D eigenvalue weighted by Gasteiger charge is -2.33. The van der Waals surface area contributed by atoms with Crippen molar-refractivity contribution in [3.8, 4) is 0 Å². The molecule has 2 aliphatic carbocycles. The van der Waals surface area contributed by atoms with Gasteiger partial charge in [-0.2, -0.15) is 0 Å². The topological polar surface area (TPSA) is 3.24 Å². The SMILES string of the molecule is FCCCN1CC(=Cc2ccc(C3=C(c4ccc5c(c4F)CCC5)CCCc4ccccc43)cc2)C1. The zero-order valence-corrected chi connectivity index (χ0v) is 20.8. The Morgan fingerprint density at radius 2 is 1.56 bits per heavy atom. The number of nitrogens with zero attached hydrogens (tertiary/aromatic N) is 1. The summed E-state index contributed by atoms with van der Waals surface area (Å²) < 4.78 is 28.3. The molecular formula is C33H33F2N. The van der Waals surface area contributed by atoms with Crippen molar-refractivity contribution in [2.45, 2.75) is 44.9 Å². The van der Waals surface area contributed by atoms with Crippen molar-refractivity contribution in [1.82, 2.24) is 4.90 Å². The molecule has 0 saturated carbocycles. The molecule has 6 rings (SSSR count). The Kier molecular flexibility index (Phi) is 6.58. The smallest absolute Gasteiger partial charge is 0.134 e. The predicted octanol–water partition coefficient (Wildman–Crippen LogP) is 7.67. The number of hydrogen-bond acceptors (Lipinski definition) is 1. The van der Waals surface area contributed by atoms with Crippen LogP contribution in [0.5, 0.6) is 0 Å². The van der Waals surface area contributed by atoms with Crippen molar-refractivity contribution in [1.29, 1.82) is 0 Å². The van der Waals surface area contributed by atoms with Crippen LogP contribution < -0.4 is 0 Å². The highest BCUT2D eigenvalue weighted by Crippen LogP contribution is 2.42. The highest BCUT2D eigenvalue weighted by molar-refractivity contribution is 6.00. The molecule has 3 aliphatic rings. The van der Waals surface area contributed by atoms with Crippen LogP contribution >= 0.6 is 0 Å². The van der Waals surface area contributed by atoms with E-state index in [1.807, 2.05) is 6.07 Å². The Morgan fingerprint density at radius 3 is 2.39 bits per heavy atom. The molecule has 1 aliphatic heterocycles. The fourth-order valence-corrected chi connectivity index (χ4v) is 6.22. The minimum absolute atomic E-state index is 0.000493. The van der Waals surface area contributed by atoms with Crippen LogP contribution in [-0.2, 0) is 19.3 Å². The van der Waals surface area contributed by atoms with Gasteiger partial charge in [0.05, 0.1) is 6.67 Å². The molecule has 1 heterocycles. The van der Waals surface area contributed by atoms with E-state index >= 15 is 4.39 Å². The van der Waals surface area contributed by atoms with Gasteiger partial charge in [-0.3, -0.25) is 9.29 Å². The van der Waals surface area contributed by atoms with Crippen LogP contribution in [0.15, 0.2) is 66.2 Å². The van der Waals surface area contributed by atoms with Crippen LogP contribution in [0.2, 0.25) is 0 Å². The summed E-state index contributed by atoms with van der Waals surface area (Å²) in [5.74, 6) is 0.000493. The van der Waals surface area contributed by atoms with E-state index in [4.69, 9.17) is 0 Å². The highest BCUT2D eigenvalue weighted by Gasteiger charge is 2.25. The summed E-state index contributed by atoms with van der Waals surface area (Å²) in [4.78, 5) is 2.28. The van der Waals surface area contributed by atoms with E-state index in [2.05, 4.69) is 65.6 Å². The quantitative estimate of drug-likeness (QED) is 0.349. The monoisotopic (exact) mass is 481 g/mol. The van der Waals surface area contributed by atoms with E-state index in [1.54, 1.807) is 0 Å². The molecule has 3 aromatic carbocycles. The van der Waals surface area contributed by atoms with Gasteiger partial charge in [-0.05, 0) is 95.0 Å². The number of aryl methyl sites for hydroxylation is 2. The summed E-state index contributed by atoms with van der Waals surface area (Å²) in [7, 11) is 0. The van der Waals surface area contributed by atoms with E-state index < -0.39 is 0 Å². The summed E-state index contributed by atoms with van der Waals surface area (Å²) in [6.07, 6.45) is 8.68. The Balaban J connectivity index is 1.39. The molecule has 0 N–H and O–H groups in total. The van der Waals surface area contributed by atoms with Crippen molar-refractivity contribution in [3.63, 3.8) is 0 Å². The fraction of sp³-hybridized carbons (Fsp3) is 0.333. The predicted molar refractivity (Wildman–Crippen MR) is 145 cm³/mol. The second-order valence-corrected chi connectivity index (χ2v) is 10.5. The molecule has 3 heteroatoms. The van der Waals surface area contributed by atoms with Crippen molar-refractivity contribution in [2.75, 3.05) is 26.3 Å². The number of benzene rings is 3. The summed E-state index contributed by atoms with van der Waals surface area (Å²) in [5, 5.41) is 0. The lowest BCUT2D eigenvalue weighted by atomic mass is 9.86.